The van der Waals surface area contributed by atoms with Gasteiger partial charge in [-0.2, -0.15) is 0 Å². The van der Waals surface area contributed by atoms with Crippen LogP contribution in [0, 0.1) is 40.9 Å². The molecule has 4 rings (SSSR count). The van der Waals surface area contributed by atoms with Crippen LogP contribution in [0.4, 0.5) is 0 Å². The normalized spacial score (nSPS) is 47.1. The summed E-state index contributed by atoms with van der Waals surface area (Å²) in [6.07, 6.45) is 18.7. The average Bonchev–Trinajstić information content (AvgIpc) is 3.12. The third-order valence-corrected chi connectivity index (χ3v) is 8.58. The zero-order valence-electron chi connectivity index (χ0n) is 14.4. The minimum Gasteiger partial charge on any atom is -0.0594 e. The van der Waals surface area contributed by atoms with Crippen LogP contribution < -0.4 is 0 Å². The number of rotatable bonds is 2. The Morgan fingerprint density at radius 3 is 1.43 bits per heavy atom. The first kappa shape index (κ1) is 14.6. The highest BCUT2D eigenvalue weighted by Crippen LogP contribution is 2.60. The molecule has 0 radical (unpaired) electrons. The minimum atomic E-state index is 0.632. The standard InChI is InChI=1S/C21H36/c1-21(2,19-13-11-15-7-3-5-9-17(15)19)20-14-12-16-8-4-6-10-18(16)20/h15-20H,3-14H2,1-2H3/t15?,16?,17?,18?,19-,20-/m0/s1. The van der Waals surface area contributed by atoms with Crippen molar-refractivity contribution in [1.82, 2.24) is 0 Å². The van der Waals surface area contributed by atoms with E-state index < -0.39 is 0 Å². The molecule has 0 heteroatoms. The van der Waals surface area contributed by atoms with Crippen LogP contribution in [0.3, 0.4) is 0 Å². The number of hydrogen-bond acceptors (Lipinski definition) is 0. The molecule has 120 valence electrons. The van der Waals surface area contributed by atoms with E-state index >= 15 is 0 Å². The third kappa shape index (κ3) is 2.40. The molecule has 0 aromatic rings. The van der Waals surface area contributed by atoms with Crippen molar-refractivity contribution in [3.8, 4) is 0 Å². The highest BCUT2D eigenvalue weighted by Gasteiger charge is 2.52. The molecule has 0 aliphatic heterocycles. The van der Waals surface area contributed by atoms with Crippen molar-refractivity contribution >= 4 is 0 Å². The van der Waals surface area contributed by atoms with E-state index in [9.17, 15) is 0 Å². The van der Waals surface area contributed by atoms with Gasteiger partial charge in [0.05, 0.1) is 0 Å². The van der Waals surface area contributed by atoms with Crippen molar-refractivity contribution in [3.05, 3.63) is 0 Å². The molecular formula is C21H36. The maximum atomic E-state index is 2.69. The minimum absolute atomic E-state index is 0.632. The lowest BCUT2D eigenvalue weighted by Crippen LogP contribution is -2.39. The van der Waals surface area contributed by atoms with E-state index in [0.29, 0.717) is 5.41 Å². The van der Waals surface area contributed by atoms with Gasteiger partial charge in [-0.05, 0) is 79.4 Å². The fourth-order valence-electron chi connectivity index (χ4n) is 7.59. The molecule has 0 heterocycles. The third-order valence-electron chi connectivity index (χ3n) is 8.58. The Morgan fingerprint density at radius 1 is 0.524 bits per heavy atom. The summed E-state index contributed by atoms with van der Waals surface area (Å²) in [6.45, 7) is 5.38. The predicted molar refractivity (Wildman–Crippen MR) is 90.1 cm³/mol. The van der Waals surface area contributed by atoms with Crippen molar-refractivity contribution in [2.24, 2.45) is 40.9 Å². The zero-order valence-corrected chi connectivity index (χ0v) is 14.4. The van der Waals surface area contributed by atoms with Gasteiger partial charge in [-0.25, -0.2) is 0 Å². The van der Waals surface area contributed by atoms with E-state index in [1.807, 2.05) is 0 Å². The van der Waals surface area contributed by atoms with E-state index in [1.165, 1.54) is 25.7 Å². The zero-order chi connectivity index (χ0) is 14.4. The second kappa shape index (κ2) is 5.57. The Kier molecular flexibility index (Phi) is 3.87. The Morgan fingerprint density at radius 2 is 0.952 bits per heavy atom. The highest BCUT2D eigenvalue weighted by molar-refractivity contribution is 5.01. The molecule has 4 saturated carbocycles. The van der Waals surface area contributed by atoms with Crippen LogP contribution in [-0.4, -0.2) is 0 Å². The van der Waals surface area contributed by atoms with Gasteiger partial charge in [-0.3, -0.25) is 0 Å². The average molecular weight is 289 g/mol. The van der Waals surface area contributed by atoms with E-state index in [0.717, 1.165) is 35.5 Å². The van der Waals surface area contributed by atoms with Crippen molar-refractivity contribution in [2.45, 2.75) is 90.9 Å². The Bertz CT molecular complexity index is 334. The first-order valence-corrected chi connectivity index (χ1v) is 10.2. The fraction of sp³-hybridized carbons (Fsp3) is 1.00. The quantitative estimate of drug-likeness (QED) is 0.548. The Balaban J connectivity index is 1.52. The second-order valence-electron chi connectivity index (χ2n) is 9.61. The van der Waals surface area contributed by atoms with Crippen LogP contribution in [0.25, 0.3) is 0 Å². The van der Waals surface area contributed by atoms with Crippen molar-refractivity contribution in [2.75, 3.05) is 0 Å². The SMILES string of the molecule is CC(C)([C@H]1CCC2CCCCC21)[C@H]1CCC2CCCCC21. The summed E-state index contributed by atoms with van der Waals surface area (Å²) >= 11 is 0. The monoisotopic (exact) mass is 288 g/mol. The van der Waals surface area contributed by atoms with Crippen LogP contribution in [0.5, 0.6) is 0 Å². The lowest BCUT2D eigenvalue weighted by Gasteiger charge is -2.46. The summed E-state index contributed by atoms with van der Waals surface area (Å²) in [5.41, 5.74) is 0.632. The first-order chi connectivity index (χ1) is 10.2. The predicted octanol–water partition coefficient (Wildman–Crippen LogP) is 6.45. The molecule has 0 N–H and O–H groups in total. The summed E-state index contributed by atoms with van der Waals surface area (Å²) in [5, 5.41) is 0. The van der Waals surface area contributed by atoms with Gasteiger partial charge in [0.2, 0.25) is 0 Å². The van der Waals surface area contributed by atoms with E-state index in [2.05, 4.69) is 13.8 Å². The van der Waals surface area contributed by atoms with Crippen molar-refractivity contribution in [1.29, 1.82) is 0 Å². The molecule has 4 aliphatic rings. The highest BCUT2D eigenvalue weighted by atomic mass is 14.6. The molecule has 0 aromatic heterocycles. The lowest BCUT2D eigenvalue weighted by molar-refractivity contribution is 0.0263. The summed E-state index contributed by atoms with van der Waals surface area (Å²) in [7, 11) is 0. The Labute approximate surface area is 132 Å². The first-order valence-electron chi connectivity index (χ1n) is 10.2. The molecule has 6 atom stereocenters. The van der Waals surface area contributed by atoms with Gasteiger partial charge in [-0.1, -0.05) is 52.4 Å². The van der Waals surface area contributed by atoms with Gasteiger partial charge < -0.3 is 0 Å². The number of hydrogen-bond donors (Lipinski definition) is 0. The molecule has 4 unspecified atom stereocenters. The maximum Gasteiger partial charge on any atom is -0.0292 e. The summed E-state index contributed by atoms with van der Waals surface area (Å²) in [6, 6.07) is 0. The van der Waals surface area contributed by atoms with Crippen LogP contribution >= 0.6 is 0 Å². The van der Waals surface area contributed by atoms with Crippen LogP contribution in [-0.2, 0) is 0 Å². The van der Waals surface area contributed by atoms with E-state index in [-0.39, 0.29) is 0 Å². The molecule has 0 spiro atoms. The summed E-state index contributed by atoms with van der Waals surface area (Å²) < 4.78 is 0. The summed E-state index contributed by atoms with van der Waals surface area (Å²) in [4.78, 5) is 0. The van der Waals surface area contributed by atoms with Gasteiger partial charge in [-0.15, -0.1) is 0 Å². The molecule has 4 aliphatic carbocycles. The van der Waals surface area contributed by atoms with Crippen LogP contribution in [0.1, 0.15) is 90.9 Å². The van der Waals surface area contributed by atoms with Gasteiger partial charge in [0.15, 0.2) is 0 Å². The van der Waals surface area contributed by atoms with Crippen molar-refractivity contribution < 1.29 is 0 Å². The molecular weight excluding hydrogens is 252 g/mol. The molecule has 0 bridgehead atoms. The molecule has 0 saturated heterocycles. The van der Waals surface area contributed by atoms with Crippen LogP contribution in [0.2, 0.25) is 0 Å². The van der Waals surface area contributed by atoms with Crippen molar-refractivity contribution in [3.63, 3.8) is 0 Å². The molecule has 0 amide bonds. The van der Waals surface area contributed by atoms with E-state index in [1.54, 1.807) is 51.4 Å². The molecule has 4 fully saturated rings. The summed E-state index contributed by atoms with van der Waals surface area (Å²) in [5.74, 6) is 6.58. The molecule has 21 heavy (non-hydrogen) atoms. The maximum absolute atomic E-state index is 2.69. The largest absolute Gasteiger partial charge is 0.0594 e. The Hall–Kier alpha value is 0. The molecule has 0 aromatic carbocycles. The van der Waals surface area contributed by atoms with Gasteiger partial charge in [0, 0.05) is 0 Å². The van der Waals surface area contributed by atoms with Gasteiger partial charge >= 0.3 is 0 Å². The fourth-order valence-corrected chi connectivity index (χ4v) is 7.59. The van der Waals surface area contributed by atoms with Gasteiger partial charge in [0.1, 0.15) is 0 Å². The second-order valence-corrected chi connectivity index (χ2v) is 9.61. The van der Waals surface area contributed by atoms with Crippen LogP contribution in [0.15, 0.2) is 0 Å². The molecule has 0 nitrogen and oxygen atoms in total. The number of fused-ring (bicyclic) bond motifs is 2. The van der Waals surface area contributed by atoms with E-state index in [4.69, 9.17) is 0 Å². The lowest BCUT2D eigenvalue weighted by atomic mass is 9.59. The smallest absolute Gasteiger partial charge is 0.0292 e. The topological polar surface area (TPSA) is 0 Å². The van der Waals surface area contributed by atoms with Gasteiger partial charge in [0.25, 0.3) is 0 Å².